The van der Waals surface area contributed by atoms with Gasteiger partial charge in [-0.3, -0.25) is 4.79 Å². The first-order chi connectivity index (χ1) is 12.0. The van der Waals surface area contributed by atoms with Gasteiger partial charge in [-0.2, -0.15) is 0 Å². The fraction of sp³-hybridized carbons (Fsp3) is 0.889. The van der Waals surface area contributed by atoms with E-state index in [2.05, 4.69) is 15.6 Å². The Labute approximate surface area is 174 Å². The van der Waals surface area contributed by atoms with Gasteiger partial charge in [-0.25, -0.2) is 4.99 Å². The summed E-state index contributed by atoms with van der Waals surface area (Å²) in [5, 5.41) is 6.85. The lowest BCUT2D eigenvalue weighted by atomic mass is 9.67. The highest BCUT2D eigenvalue weighted by Crippen LogP contribution is 2.43. The van der Waals surface area contributed by atoms with E-state index in [0.29, 0.717) is 11.3 Å². The van der Waals surface area contributed by atoms with Crippen LogP contribution in [0.1, 0.15) is 32.1 Å². The Balaban J connectivity index is 0.00000338. The first-order valence-corrected chi connectivity index (χ1v) is 9.34. The lowest BCUT2D eigenvalue weighted by Crippen LogP contribution is -2.48. The van der Waals surface area contributed by atoms with Crippen molar-refractivity contribution in [1.29, 1.82) is 0 Å². The van der Waals surface area contributed by atoms with Crippen molar-refractivity contribution < 1.29 is 14.3 Å². The highest BCUT2D eigenvalue weighted by atomic mass is 127. The molecule has 2 rings (SSSR count). The number of halogens is 1. The van der Waals surface area contributed by atoms with E-state index in [4.69, 9.17) is 9.47 Å². The summed E-state index contributed by atoms with van der Waals surface area (Å²) in [6, 6.07) is 0. The molecule has 0 radical (unpaired) electrons. The number of carbonyl (C=O) groups is 1. The van der Waals surface area contributed by atoms with Gasteiger partial charge in [-0.05, 0) is 31.1 Å². The van der Waals surface area contributed by atoms with Crippen LogP contribution in [-0.4, -0.2) is 77.4 Å². The van der Waals surface area contributed by atoms with Crippen LogP contribution in [0.2, 0.25) is 0 Å². The Morgan fingerprint density at radius 2 is 2.12 bits per heavy atom. The van der Waals surface area contributed by atoms with Crippen LogP contribution in [-0.2, 0) is 14.3 Å². The Morgan fingerprint density at radius 3 is 2.65 bits per heavy atom. The van der Waals surface area contributed by atoms with Crippen LogP contribution < -0.4 is 10.6 Å². The third-order valence-electron chi connectivity index (χ3n) is 5.33. The van der Waals surface area contributed by atoms with Crippen LogP contribution in [0.4, 0.5) is 0 Å². The fourth-order valence-electron chi connectivity index (χ4n) is 3.23. The summed E-state index contributed by atoms with van der Waals surface area (Å²) in [6.07, 6.45) is 5.88. The molecule has 0 aromatic heterocycles. The second-order valence-electron chi connectivity index (χ2n) is 7.51. The number of aliphatic imine (C=N–C) groups is 1. The molecule has 152 valence electrons. The molecule has 1 heterocycles. The largest absolute Gasteiger partial charge is 0.385 e. The second kappa shape index (κ2) is 12.0. The van der Waals surface area contributed by atoms with E-state index in [-0.39, 0.29) is 36.4 Å². The summed E-state index contributed by atoms with van der Waals surface area (Å²) in [5.74, 6) is 1.25. The van der Waals surface area contributed by atoms with Gasteiger partial charge < -0.3 is 25.0 Å². The molecule has 0 aromatic rings. The number of likely N-dealkylation sites (N-methyl/N-ethyl adjacent to an activating group) is 1. The summed E-state index contributed by atoms with van der Waals surface area (Å²) >= 11 is 0. The minimum absolute atomic E-state index is 0. The van der Waals surface area contributed by atoms with Gasteiger partial charge in [0.2, 0.25) is 5.91 Å². The molecule has 1 saturated carbocycles. The highest BCUT2D eigenvalue weighted by Gasteiger charge is 2.36. The van der Waals surface area contributed by atoms with Crippen molar-refractivity contribution in [3.8, 4) is 0 Å². The molecule has 1 aliphatic carbocycles. The van der Waals surface area contributed by atoms with Gasteiger partial charge in [0, 0.05) is 53.4 Å². The van der Waals surface area contributed by atoms with E-state index < -0.39 is 0 Å². The maximum absolute atomic E-state index is 11.8. The van der Waals surface area contributed by atoms with E-state index in [1.165, 1.54) is 19.3 Å². The number of carbonyl (C=O) groups excluding carboxylic acids is 1. The van der Waals surface area contributed by atoms with Crippen molar-refractivity contribution in [2.45, 2.75) is 32.1 Å². The average Bonchev–Trinajstić information content (AvgIpc) is 3.08. The zero-order chi connectivity index (χ0) is 18.1. The molecule has 7 nitrogen and oxygen atoms in total. The number of hydrogen-bond acceptors (Lipinski definition) is 4. The number of hydrogen-bond donors (Lipinski definition) is 2. The molecule has 2 fully saturated rings. The summed E-state index contributed by atoms with van der Waals surface area (Å²) in [7, 11) is 5.26. The minimum atomic E-state index is 0. The molecule has 1 unspecified atom stereocenters. The van der Waals surface area contributed by atoms with Gasteiger partial charge >= 0.3 is 0 Å². The van der Waals surface area contributed by atoms with Crippen LogP contribution in [0, 0.1) is 11.3 Å². The summed E-state index contributed by atoms with van der Waals surface area (Å²) in [5.41, 5.74) is 0.306. The summed E-state index contributed by atoms with van der Waals surface area (Å²) < 4.78 is 10.7. The smallest absolute Gasteiger partial charge is 0.243 e. The Morgan fingerprint density at radius 1 is 1.35 bits per heavy atom. The molecule has 8 heteroatoms. The standard InChI is InChI=1S/C18H34N4O3.HI/c1-22(2)16(23)12-20-17(19-11-15-5-9-25-13-15)21-14-18(6-4-7-18)8-10-24-3;/h15H,4-14H2,1-3H3,(H2,19,20,21);1H. The van der Waals surface area contributed by atoms with Crippen LogP contribution in [0.15, 0.2) is 4.99 Å². The number of rotatable bonds is 9. The number of amides is 1. The molecule has 2 aliphatic rings. The van der Waals surface area contributed by atoms with E-state index in [1.54, 1.807) is 26.1 Å². The molecule has 2 N–H and O–H groups in total. The van der Waals surface area contributed by atoms with Gasteiger partial charge in [0.15, 0.2) is 5.96 Å². The van der Waals surface area contributed by atoms with Gasteiger partial charge in [-0.15, -0.1) is 24.0 Å². The van der Waals surface area contributed by atoms with Gasteiger partial charge in [-0.1, -0.05) is 6.42 Å². The van der Waals surface area contributed by atoms with Crippen molar-refractivity contribution in [2.24, 2.45) is 16.3 Å². The normalized spacial score (nSPS) is 21.5. The maximum atomic E-state index is 11.8. The van der Waals surface area contributed by atoms with Crippen molar-refractivity contribution in [1.82, 2.24) is 15.5 Å². The van der Waals surface area contributed by atoms with E-state index in [1.807, 2.05) is 0 Å². The van der Waals surface area contributed by atoms with E-state index in [0.717, 1.165) is 51.7 Å². The fourth-order valence-corrected chi connectivity index (χ4v) is 3.23. The number of ether oxygens (including phenoxy) is 2. The molecule has 1 saturated heterocycles. The lowest BCUT2D eigenvalue weighted by molar-refractivity contribution is -0.127. The minimum Gasteiger partial charge on any atom is -0.385 e. The van der Waals surface area contributed by atoms with Gasteiger partial charge in [0.1, 0.15) is 6.54 Å². The molecular weight excluding hydrogens is 447 g/mol. The zero-order valence-corrected chi connectivity index (χ0v) is 18.7. The summed E-state index contributed by atoms with van der Waals surface area (Å²) in [6.45, 7) is 4.29. The first kappa shape index (κ1) is 23.4. The first-order valence-electron chi connectivity index (χ1n) is 9.34. The molecule has 0 bridgehead atoms. The third-order valence-corrected chi connectivity index (χ3v) is 5.33. The predicted octanol–water partition coefficient (Wildman–Crippen LogP) is 1.47. The average molecular weight is 482 g/mol. The third kappa shape index (κ3) is 7.56. The van der Waals surface area contributed by atoms with Crippen molar-refractivity contribution in [3.05, 3.63) is 0 Å². The van der Waals surface area contributed by atoms with Crippen molar-refractivity contribution in [2.75, 3.05) is 60.7 Å². The van der Waals surface area contributed by atoms with Gasteiger partial charge in [0.25, 0.3) is 0 Å². The highest BCUT2D eigenvalue weighted by molar-refractivity contribution is 14.0. The predicted molar refractivity (Wildman–Crippen MR) is 114 cm³/mol. The van der Waals surface area contributed by atoms with Crippen molar-refractivity contribution >= 4 is 35.8 Å². The number of nitrogens with zero attached hydrogens (tertiary/aromatic N) is 2. The number of guanidine groups is 1. The van der Waals surface area contributed by atoms with Crippen LogP contribution in [0.3, 0.4) is 0 Å². The SMILES string of the molecule is COCCC1(CNC(=NCC(=O)N(C)C)NCC2CCOC2)CCC1.I. The number of methoxy groups -OCH3 is 1. The molecule has 1 amide bonds. The van der Waals surface area contributed by atoms with E-state index in [9.17, 15) is 4.79 Å². The van der Waals surface area contributed by atoms with Crippen LogP contribution in [0.5, 0.6) is 0 Å². The molecule has 26 heavy (non-hydrogen) atoms. The quantitative estimate of drug-likeness (QED) is 0.296. The molecule has 1 aliphatic heterocycles. The second-order valence-corrected chi connectivity index (χ2v) is 7.51. The molecule has 0 spiro atoms. The molecular formula is C18H35IN4O3. The molecule has 0 aromatic carbocycles. The monoisotopic (exact) mass is 482 g/mol. The zero-order valence-electron chi connectivity index (χ0n) is 16.4. The Bertz CT molecular complexity index is 450. The van der Waals surface area contributed by atoms with Crippen molar-refractivity contribution in [3.63, 3.8) is 0 Å². The van der Waals surface area contributed by atoms with Gasteiger partial charge in [0.05, 0.1) is 6.61 Å². The summed E-state index contributed by atoms with van der Waals surface area (Å²) in [4.78, 5) is 17.9. The lowest BCUT2D eigenvalue weighted by Gasteiger charge is -2.42. The van der Waals surface area contributed by atoms with Crippen LogP contribution >= 0.6 is 24.0 Å². The van der Waals surface area contributed by atoms with Crippen LogP contribution in [0.25, 0.3) is 0 Å². The Hall–Kier alpha value is -0.610. The Kier molecular flexibility index (Phi) is 10.8. The molecule has 1 atom stereocenters. The van der Waals surface area contributed by atoms with E-state index >= 15 is 0 Å². The maximum Gasteiger partial charge on any atom is 0.243 e. The topological polar surface area (TPSA) is 75.2 Å². The number of nitrogens with one attached hydrogen (secondary N) is 2.